The van der Waals surface area contributed by atoms with E-state index in [-0.39, 0.29) is 22.3 Å². The lowest BCUT2D eigenvalue weighted by atomic mass is 10.1. The van der Waals surface area contributed by atoms with E-state index in [4.69, 9.17) is 0 Å². The third-order valence-electron chi connectivity index (χ3n) is 3.78. The maximum Gasteiger partial charge on any atom is 0.336 e. The molecule has 122 valence electrons. The number of halogens is 1. The molecule has 1 N–H and O–H groups in total. The highest BCUT2D eigenvalue weighted by atomic mass is 19.1. The Hall–Kier alpha value is -3.29. The van der Waals surface area contributed by atoms with Crippen LogP contribution in [0.15, 0.2) is 39.9 Å². The number of aromatic carboxylic acids is 1. The van der Waals surface area contributed by atoms with E-state index >= 15 is 0 Å². The second kappa shape index (κ2) is 5.41. The van der Waals surface area contributed by atoms with E-state index in [1.807, 2.05) is 0 Å². The maximum absolute atomic E-state index is 13.1. The summed E-state index contributed by atoms with van der Waals surface area (Å²) in [5.74, 6) is -1.76. The van der Waals surface area contributed by atoms with Crippen molar-refractivity contribution in [3.8, 4) is 11.3 Å². The zero-order valence-corrected chi connectivity index (χ0v) is 12.8. The lowest BCUT2D eigenvalue weighted by Crippen LogP contribution is -2.38. The maximum atomic E-state index is 13.1. The van der Waals surface area contributed by atoms with Gasteiger partial charge in [-0.15, -0.1) is 0 Å². The first-order valence-corrected chi connectivity index (χ1v) is 6.91. The lowest BCUT2D eigenvalue weighted by Gasteiger charge is -2.11. The van der Waals surface area contributed by atoms with Gasteiger partial charge >= 0.3 is 11.7 Å². The Morgan fingerprint density at radius 1 is 1.12 bits per heavy atom. The molecule has 2 heterocycles. The van der Waals surface area contributed by atoms with Crippen LogP contribution >= 0.6 is 0 Å². The minimum absolute atomic E-state index is 0.0395. The lowest BCUT2D eigenvalue weighted by molar-refractivity contribution is 0.0699. The fraction of sp³-hybridized carbons (Fsp3) is 0.125. The molecular weight excluding hydrogens is 317 g/mol. The monoisotopic (exact) mass is 329 g/mol. The van der Waals surface area contributed by atoms with Gasteiger partial charge in [0, 0.05) is 19.7 Å². The van der Waals surface area contributed by atoms with Gasteiger partial charge in [-0.2, -0.15) is 0 Å². The molecule has 0 saturated heterocycles. The molecule has 7 nitrogen and oxygen atoms in total. The van der Waals surface area contributed by atoms with Crippen LogP contribution in [0.5, 0.6) is 0 Å². The van der Waals surface area contributed by atoms with Crippen molar-refractivity contribution in [1.82, 2.24) is 14.1 Å². The summed E-state index contributed by atoms with van der Waals surface area (Å²) in [6.45, 7) is 0. The van der Waals surface area contributed by atoms with Crippen molar-refractivity contribution in [3.05, 3.63) is 62.6 Å². The number of benzene rings is 1. The second-order valence-electron chi connectivity index (χ2n) is 5.27. The van der Waals surface area contributed by atoms with Crippen molar-refractivity contribution >= 4 is 17.0 Å². The molecule has 1 aromatic carbocycles. The van der Waals surface area contributed by atoms with Crippen molar-refractivity contribution in [1.29, 1.82) is 0 Å². The molecule has 3 aromatic rings. The van der Waals surface area contributed by atoms with E-state index in [1.54, 1.807) is 0 Å². The molecule has 0 aliphatic rings. The molecule has 3 rings (SSSR count). The highest BCUT2D eigenvalue weighted by molar-refractivity contribution is 6.02. The Kier molecular flexibility index (Phi) is 3.52. The third kappa shape index (κ3) is 2.28. The quantitative estimate of drug-likeness (QED) is 0.761. The van der Waals surface area contributed by atoms with Crippen LogP contribution in [0, 0.1) is 5.82 Å². The molecule has 0 saturated carbocycles. The van der Waals surface area contributed by atoms with Crippen LogP contribution in [-0.4, -0.2) is 25.2 Å². The molecular formula is C16H12FN3O4. The number of pyridine rings is 1. The topological polar surface area (TPSA) is 94.2 Å². The van der Waals surface area contributed by atoms with Gasteiger partial charge in [0.05, 0.1) is 16.6 Å². The van der Waals surface area contributed by atoms with Gasteiger partial charge in [0.2, 0.25) is 0 Å². The minimum Gasteiger partial charge on any atom is -0.478 e. The average molecular weight is 329 g/mol. The summed E-state index contributed by atoms with van der Waals surface area (Å²) in [5, 5.41) is 9.30. The molecule has 0 aliphatic carbocycles. The fourth-order valence-corrected chi connectivity index (χ4v) is 2.49. The zero-order chi connectivity index (χ0) is 17.6. The highest BCUT2D eigenvalue weighted by Crippen LogP contribution is 2.22. The van der Waals surface area contributed by atoms with E-state index in [1.165, 1.54) is 44.4 Å². The first-order chi connectivity index (χ1) is 11.3. The van der Waals surface area contributed by atoms with Gasteiger partial charge in [-0.25, -0.2) is 19.0 Å². The number of hydrogen-bond donors (Lipinski definition) is 1. The number of nitrogens with zero attached hydrogens (tertiary/aromatic N) is 3. The molecule has 0 unspecified atom stereocenters. The van der Waals surface area contributed by atoms with E-state index in [9.17, 15) is 23.9 Å². The normalized spacial score (nSPS) is 11.0. The van der Waals surface area contributed by atoms with Crippen LogP contribution in [0.2, 0.25) is 0 Å². The largest absolute Gasteiger partial charge is 0.478 e. The summed E-state index contributed by atoms with van der Waals surface area (Å²) in [6.07, 6.45) is 0. The summed E-state index contributed by atoms with van der Waals surface area (Å²) in [7, 11) is 2.67. The summed E-state index contributed by atoms with van der Waals surface area (Å²) in [5.41, 5.74) is -0.966. The molecule has 0 atom stereocenters. The summed E-state index contributed by atoms with van der Waals surface area (Å²) < 4.78 is 15.0. The number of carboxylic acid groups (broad SMARTS) is 1. The first-order valence-electron chi connectivity index (χ1n) is 6.91. The van der Waals surface area contributed by atoms with Crippen molar-refractivity contribution in [2.75, 3.05) is 0 Å². The number of fused-ring (bicyclic) bond motifs is 1. The first kappa shape index (κ1) is 15.6. The molecule has 0 amide bonds. The Morgan fingerprint density at radius 3 is 2.33 bits per heavy atom. The predicted molar refractivity (Wildman–Crippen MR) is 84.6 cm³/mol. The molecule has 2 aromatic heterocycles. The molecule has 24 heavy (non-hydrogen) atoms. The standard InChI is InChI=1S/C16H12FN3O4/c1-19-13-12(14(21)20(2)16(19)24)10(15(22)23)7-11(18-13)8-3-5-9(17)6-4-8/h3-7H,1-2H3,(H,22,23). The average Bonchev–Trinajstić information content (AvgIpc) is 2.57. The predicted octanol–water partition coefficient (Wildman–Crippen LogP) is 1.14. The molecule has 0 aliphatic heterocycles. The van der Waals surface area contributed by atoms with Gasteiger partial charge in [0.25, 0.3) is 5.56 Å². The second-order valence-corrected chi connectivity index (χ2v) is 5.27. The zero-order valence-electron chi connectivity index (χ0n) is 12.8. The highest BCUT2D eigenvalue weighted by Gasteiger charge is 2.19. The smallest absolute Gasteiger partial charge is 0.336 e. The summed E-state index contributed by atoms with van der Waals surface area (Å²) in [4.78, 5) is 40.2. The summed E-state index contributed by atoms with van der Waals surface area (Å²) >= 11 is 0. The van der Waals surface area contributed by atoms with Crippen molar-refractivity contribution in [3.63, 3.8) is 0 Å². The Balaban J connectivity index is 2.48. The Labute approximate surface area is 134 Å². The van der Waals surface area contributed by atoms with Gasteiger partial charge in [0.15, 0.2) is 5.65 Å². The van der Waals surface area contributed by atoms with Crippen LogP contribution in [-0.2, 0) is 14.1 Å². The fourth-order valence-electron chi connectivity index (χ4n) is 2.49. The minimum atomic E-state index is -1.32. The van der Waals surface area contributed by atoms with Crippen LogP contribution in [0.1, 0.15) is 10.4 Å². The van der Waals surface area contributed by atoms with Crippen LogP contribution in [0.25, 0.3) is 22.3 Å². The van der Waals surface area contributed by atoms with Gasteiger partial charge in [-0.1, -0.05) is 0 Å². The van der Waals surface area contributed by atoms with E-state index in [0.717, 1.165) is 9.13 Å². The molecule has 0 bridgehead atoms. The number of aryl methyl sites for hydroxylation is 1. The molecule has 8 heteroatoms. The van der Waals surface area contributed by atoms with E-state index in [2.05, 4.69) is 4.98 Å². The SMILES string of the molecule is Cn1c(=O)c2c(C(=O)O)cc(-c3ccc(F)cc3)nc2n(C)c1=O. The van der Waals surface area contributed by atoms with E-state index in [0.29, 0.717) is 5.56 Å². The van der Waals surface area contributed by atoms with Crippen LogP contribution in [0.4, 0.5) is 4.39 Å². The van der Waals surface area contributed by atoms with Gasteiger partial charge in [-0.3, -0.25) is 13.9 Å². The number of hydrogen-bond acceptors (Lipinski definition) is 4. The Bertz CT molecular complexity index is 1100. The van der Waals surface area contributed by atoms with Crippen LogP contribution in [0.3, 0.4) is 0 Å². The van der Waals surface area contributed by atoms with Crippen LogP contribution < -0.4 is 11.2 Å². The summed E-state index contributed by atoms with van der Waals surface area (Å²) in [6, 6.07) is 6.54. The molecule has 0 fully saturated rings. The Morgan fingerprint density at radius 2 is 1.75 bits per heavy atom. The van der Waals surface area contributed by atoms with Crippen molar-refractivity contribution in [2.24, 2.45) is 14.1 Å². The third-order valence-corrected chi connectivity index (χ3v) is 3.78. The number of rotatable bonds is 2. The van der Waals surface area contributed by atoms with Gasteiger partial charge in [0.1, 0.15) is 5.82 Å². The number of aromatic nitrogens is 3. The molecule has 0 spiro atoms. The van der Waals surface area contributed by atoms with Crippen molar-refractivity contribution < 1.29 is 14.3 Å². The number of carboxylic acids is 1. The van der Waals surface area contributed by atoms with Crippen molar-refractivity contribution in [2.45, 2.75) is 0 Å². The molecule has 0 radical (unpaired) electrons. The van der Waals surface area contributed by atoms with Gasteiger partial charge in [-0.05, 0) is 30.3 Å². The van der Waals surface area contributed by atoms with E-state index < -0.39 is 23.0 Å². The number of carbonyl (C=O) groups is 1. The van der Waals surface area contributed by atoms with Gasteiger partial charge < -0.3 is 5.11 Å².